The van der Waals surface area contributed by atoms with Crippen LogP contribution in [0.25, 0.3) is 10.6 Å². The molecule has 0 atom stereocenters. The number of carboxylic acid groups (broad SMARTS) is 1. The number of hydrogen-bond acceptors (Lipinski definition) is 6. The van der Waals surface area contributed by atoms with Crippen molar-refractivity contribution in [3.05, 3.63) is 29.0 Å². The normalized spacial score (nSPS) is 15.1. The number of aliphatic carboxylic acids is 1. The van der Waals surface area contributed by atoms with E-state index < -0.39 is 5.97 Å². The number of rotatable bonds is 10. The molecule has 2 aromatic heterocycles. The summed E-state index contributed by atoms with van der Waals surface area (Å²) in [7, 11) is 0. The van der Waals surface area contributed by atoms with E-state index in [4.69, 9.17) is 9.63 Å². The second-order valence-corrected chi connectivity index (χ2v) is 7.60. The van der Waals surface area contributed by atoms with Crippen LogP contribution in [-0.4, -0.2) is 46.5 Å². The van der Waals surface area contributed by atoms with E-state index in [0.717, 1.165) is 43.6 Å². The fraction of sp³-hybridized carbons (Fsp3) is 0.500. The Hall–Kier alpha value is -2.06. The maximum absolute atomic E-state index is 13.0. The predicted molar refractivity (Wildman–Crippen MR) is 94.8 cm³/mol. The number of likely N-dealkylation sites (tertiary alicyclic amines) is 1. The summed E-state index contributed by atoms with van der Waals surface area (Å²) < 4.78 is 18.2. The lowest BCUT2D eigenvalue weighted by Crippen LogP contribution is -2.50. The average molecular weight is 380 g/mol. The molecular weight excluding hydrogens is 359 g/mol. The van der Waals surface area contributed by atoms with Crippen molar-refractivity contribution >= 4 is 23.1 Å². The van der Waals surface area contributed by atoms with Crippen molar-refractivity contribution < 1.29 is 23.6 Å². The summed E-state index contributed by atoms with van der Waals surface area (Å²) in [5, 5.41) is 12.3. The Morgan fingerprint density at radius 1 is 1.27 bits per heavy atom. The Labute approximate surface area is 154 Å². The molecule has 3 heterocycles. The van der Waals surface area contributed by atoms with Crippen LogP contribution in [0.1, 0.15) is 42.6 Å². The van der Waals surface area contributed by atoms with E-state index >= 15 is 0 Å². The van der Waals surface area contributed by atoms with Crippen LogP contribution >= 0.6 is 11.3 Å². The van der Waals surface area contributed by atoms with Crippen LogP contribution in [0.15, 0.2) is 22.7 Å². The van der Waals surface area contributed by atoms with Crippen molar-refractivity contribution in [1.29, 1.82) is 0 Å². The Morgan fingerprint density at radius 2 is 2.04 bits per heavy atom. The summed E-state index contributed by atoms with van der Waals surface area (Å²) in [5.41, 5.74) is 0.286. The molecule has 1 aliphatic heterocycles. The zero-order chi connectivity index (χ0) is 18.5. The van der Waals surface area contributed by atoms with Gasteiger partial charge in [-0.1, -0.05) is 18.0 Å². The summed E-state index contributed by atoms with van der Waals surface area (Å²) in [6.45, 7) is 2.22. The van der Waals surface area contributed by atoms with E-state index in [9.17, 15) is 14.0 Å². The first kappa shape index (κ1) is 18.7. The molecule has 0 amide bonds. The fourth-order valence-electron chi connectivity index (χ4n) is 2.98. The monoisotopic (exact) mass is 380 g/mol. The highest BCUT2D eigenvalue weighted by Gasteiger charge is 2.31. The zero-order valence-corrected chi connectivity index (χ0v) is 15.1. The summed E-state index contributed by atoms with van der Waals surface area (Å²) >= 11 is 0.955. The number of nitrogens with zero attached hydrogens (tertiary/aromatic N) is 2. The molecule has 1 saturated heterocycles. The number of ketones is 1. The van der Waals surface area contributed by atoms with Crippen LogP contribution in [0.4, 0.5) is 4.39 Å². The lowest BCUT2D eigenvalue weighted by molar-refractivity contribution is -0.147. The van der Waals surface area contributed by atoms with Gasteiger partial charge in [0.2, 0.25) is 0 Å². The SMILES string of the molecule is O=C(CCCCCCN1CC(C(=O)O)C1)c1cc(-c2ccc(F)s2)on1. The number of unbranched alkanes of at least 4 members (excludes halogenated alkanes) is 3. The smallest absolute Gasteiger partial charge is 0.309 e. The van der Waals surface area contributed by atoms with Gasteiger partial charge in [0.25, 0.3) is 0 Å². The van der Waals surface area contributed by atoms with E-state index in [2.05, 4.69) is 10.1 Å². The van der Waals surface area contributed by atoms with Crippen LogP contribution in [0.3, 0.4) is 0 Å². The van der Waals surface area contributed by atoms with Gasteiger partial charge in [0.1, 0.15) is 5.69 Å². The zero-order valence-electron chi connectivity index (χ0n) is 14.3. The second-order valence-electron chi connectivity index (χ2n) is 6.56. The number of aromatic nitrogens is 1. The molecule has 0 unspecified atom stereocenters. The first-order valence-corrected chi connectivity index (χ1v) is 9.55. The van der Waals surface area contributed by atoms with Gasteiger partial charge in [0, 0.05) is 25.6 Å². The molecule has 0 spiro atoms. The Morgan fingerprint density at radius 3 is 2.73 bits per heavy atom. The van der Waals surface area contributed by atoms with Gasteiger partial charge < -0.3 is 14.5 Å². The summed E-state index contributed by atoms with van der Waals surface area (Å²) in [4.78, 5) is 25.6. The highest BCUT2D eigenvalue weighted by Crippen LogP contribution is 2.28. The van der Waals surface area contributed by atoms with E-state index in [1.165, 1.54) is 6.07 Å². The van der Waals surface area contributed by atoms with Crippen LogP contribution in [0, 0.1) is 11.0 Å². The van der Waals surface area contributed by atoms with E-state index in [1.807, 2.05) is 0 Å². The van der Waals surface area contributed by atoms with Gasteiger partial charge in [0.05, 0.1) is 10.8 Å². The van der Waals surface area contributed by atoms with Gasteiger partial charge in [-0.05, 0) is 31.5 Å². The summed E-state index contributed by atoms with van der Waals surface area (Å²) in [6, 6.07) is 4.52. The topological polar surface area (TPSA) is 83.6 Å². The van der Waals surface area contributed by atoms with Crippen LogP contribution in [0.5, 0.6) is 0 Å². The molecule has 3 rings (SSSR count). The minimum atomic E-state index is -0.708. The lowest BCUT2D eigenvalue weighted by Gasteiger charge is -2.36. The molecule has 0 aliphatic carbocycles. The molecule has 0 aromatic carbocycles. The van der Waals surface area contributed by atoms with E-state index in [-0.39, 0.29) is 22.5 Å². The number of hydrogen-bond donors (Lipinski definition) is 1. The van der Waals surface area contributed by atoms with Crippen molar-refractivity contribution in [2.45, 2.75) is 32.1 Å². The van der Waals surface area contributed by atoms with Crippen molar-refractivity contribution in [3.63, 3.8) is 0 Å². The van der Waals surface area contributed by atoms with Crippen molar-refractivity contribution in [2.75, 3.05) is 19.6 Å². The van der Waals surface area contributed by atoms with Crippen molar-refractivity contribution in [3.8, 4) is 10.6 Å². The largest absolute Gasteiger partial charge is 0.481 e. The highest BCUT2D eigenvalue weighted by molar-refractivity contribution is 7.13. The first-order valence-electron chi connectivity index (χ1n) is 8.73. The molecule has 0 bridgehead atoms. The molecule has 1 aliphatic rings. The number of carboxylic acids is 1. The van der Waals surface area contributed by atoms with E-state index in [1.54, 1.807) is 12.1 Å². The minimum Gasteiger partial charge on any atom is -0.481 e. The van der Waals surface area contributed by atoms with Gasteiger partial charge in [0.15, 0.2) is 16.7 Å². The van der Waals surface area contributed by atoms with Crippen LogP contribution in [0.2, 0.25) is 0 Å². The third-order valence-electron chi connectivity index (χ3n) is 4.55. The Bertz CT molecular complexity index is 767. The average Bonchev–Trinajstić information content (AvgIpc) is 3.20. The molecule has 0 saturated carbocycles. The number of carbonyl (C=O) groups excluding carboxylic acids is 1. The van der Waals surface area contributed by atoms with Crippen LogP contribution in [-0.2, 0) is 4.79 Å². The lowest BCUT2D eigenvalue weighted by atomic mass is 10.00. The predicted octanol–water partition coefficient (Wildman–Crippen LogP) is 3.69. The first-order chi connectivity index (χ1) is 12.5. The quantitative estimate of drug-likeness (QED) is 0.500. The molecule has 26 heavy (non-hydrogen) atoms. The standard InChI is InChI=1S/C18H21FN2O4S/c19-17-7-6-16(26-17)15-9-13(20-25-15)14(22)5-3-1-2-4-8-21-10-12(11-21)18(23)24/h6-7,9,12H,1-5,8,10-11H2,(H,23,24). The molecule has 1 N–H and O–H groups in total. The highest BCUT2D eigenvalue weighted by atomic mass is 32.1. The van der Waals surface area contributed by atoms with Crippen molar-refractivity contribution in [2.24, 2.45) is 5.92 Å². The minimum absolute atomic E-state index is 0.0657. The number of thiophene rings is 1. The van der Waals surface area contributed by atoms with E-state index in [0.29, 0.717) is 30.1 Å². The van der Waals surface area contributed by atoms with Gasteiger partial charge in [-0.2, -0.15) is 4.39 Å². The molecule has 140 valence electrons. The van der Waals surface area contributed by atoms with Gasteiger partial charge in [-0.25, -0.2) is 0 Å². The number of carbonyl (C=O) groups is 2. The Balaban J connectivity index is 1.30. The van der Waals surface area contributed by atoms with Crippen molar-refractivity contribution in [1.82, 2.24) is 10.1 Å². The maximum atomic E-state index is 13.0. The summed E-state index contributed by atoms with van der Waals surface area (Å²) in [6.07, 6.45) is 4.17. The maximum Gasteiger partial charge on any atom is 0.309 e. The molecule has 6 nitrogen and oxygen atoms in total. The molecular formula is C18H21FN2O4S. The summed E-state index contributed by atoms with van der Waals surface area (Å²) in [5.74, 6) is -0.564. The number of halogens is 1. The fourth-order valence-corrected chi connectivity index (χ4v) is 3.66. The number of Topliss-reactive ketones (excluding diaryl/α,β-unsaturated/α-hetero) is 1. The molecule has 2 aromatic rings. The Kier molecular flexibility index (Phi) is 6.16. The second kappa shape index (κ2) is 8.55. The molecule has 0 radical (unpaired) electrons. The van der Waals surface area contributed by atoms with Gasteiger partial charge >= 0.3 is 5.97 Å². The van der Waals surface area contributed by atoms with Crippen LogP contribution < -0.4 is 0 Å². The third-order valence-corrected chi connectivity index (χ3v) is 5.43. The third kappa shape index (κ3) is 4.76. The van der Waals surface area contributed by atoms with Gasteiger partial charge in [-0.15, -0.1) is 11.3 Å². The molecule has 8 heteroatoms. The van der Waals surface area contributed by atoms with Gasteiger partial charge in [-0.3, -0.25) is 9.59 Å². The molecule has 1 fully saturated rings.